The lowest BCUT2D eigenvalue weighted by atomic mass is 10.1. The normalized spacial score (nSPS) is 18.4. The molecule has 1 aliphatic rings. The molecule has 1 atom stereocenters. The third-order valence-electron chi connectivity index (χ3n) is 3.30. The summed E-state index contributed by atoms with van der Waals surface area (Å²) in [6, 6.07) is 3.36. The van der Waals surface area contributed by atoms with Crippen molar-refractivity contribution in [2.24, 2.45) is 0 Å². The van der Waals surface area contributed by atoms with Crippen LogP contribution >= 0.6 is 0 Å². The van der Waals surface area contributed by atoms with Gasteiger partial charge in [0.15, 0.2) is 17.7 Å². The monoisotopic (exact) mass is 298 g/mol. The van der Waals surface area contributed by atoms with Gasteiger partial charge in [0.25, 0.3) is 5.91 Å². The lowest BCUT2D eigenvalue weighted by Gasteiger charge is -2.32. The van der Waals surface area contributed by atoms with E-state index in [0.29, 0.717) is 12.1 Å². The fourth-order valence-corrected chi connectivity index (χ4v) is 2.13. The molecule has 1 heterocycles. The number of carbonyl (C=O) groups excluding carboxylic acids is 2. The van der Waals surface area contributed by atoms with Crippen LogP contribution in [0, 0.1) is 11.6 Å². The second kappa shape index (κ2) is 6.62. The Morgan fingerprint density at radius 2 is 2.14 bits per heavy atom. The molecule has 21 heavy (non-hydrogen) atoms. The van der Waals surface area contributed by atoms with Crippen molar-refractivity contribution in [2.45, 2.75) is 12.5 Å². The summed E-state index contributed by atoms with van der Waals surface area (Å²) in [5, 5.41) is 2.46. The number of morpholine rings is 1. The van der Waals surface area contributed by atoms with Crippen LogP contribution in [0.15, 0.2) is 18.2 Å². The van der Waals surface area contributed by atoms with E-state index in [9.17, 15) is 18.4 Å². The summed E-state index contributed by atoms with van der Waals surface area (Å²) in [4.78, 5) is 25.1. The zero-order chi connectivity index (χ0) is 15.4. The lowest BCUT2D eigenvalue weighted by Crippen LogP contribution is -2.51. The predicted molar refractivity (Wildman–Crippen MR) is 70.4 cm³/mol. The molecule has 0 aliphatic carbocycles. The number of carbonyl (C=O) groups is 2. The molecule has 2 amide bonds. The van der Waals surface area contributed by atoms with Crippen molar-refractivity contribution >= 4 is 11.8 Å². The number of amides is 2. The maximum Gasteiger partial charge on any atom is 0.250 e. The highest BCUT2D eigenvalue weighted by Crippen LogP contribution is 2.12. The van der Waals surface area contributed by atoms with Crippen LogP contribution < -0.4 is 5.32 Å². The van der Waals surface area contributed by atoms with E-state index in [-0.39, 0.29) is 31.4 Å². The van der Waals surface area contributed by atoms with Crippen molar-refractivity contribution in [3.8, 4) is 0 Å². The summed E-state index contributed by atoms with van der Waals surface area (Å²) >= 11 is 0. The van der Waals surface area contributed by atoms with Crippen LogP contribution in [0.2, 0.25) is 0 Å². The highest BCUT2D eigenvalue weighted by atomic mass is 19.2. The minimum atomic E-state index is -0.981. The number of hydrogen-bond acceptors (Lipinski definition) is 3. The van der Waals surface area contributed by atoms with Gasteiger partial charge in [0, 0.05) is 13.6 Å². The summed E-state index contributed by atoms with van der Waals surface area (Å²) in [6.07, 6.45) is -0.741. The molecule has 1 N–H and O–H groups in total. The maximum atomic E-state index is 13.1. The average Bonchev–Trinajstić information content (AvgIpc) is 2.50. The molecule has 1 unspecified atom stereocenters. The van der Waals surface area contributed by atoms with E-state index in [1.54, 1.807) is 0 Å². The molecular formula is C14H16F2N2O3. The molecule has 1 saturated heterocycles. The van der Waals surface area contributed by atoms with E-state index < -0.39 is 17.7 Å². The number of rotatable bonds is 3. The van der Waals surface area contributed by atoms with Crippen molar-refractivity contribution in [1.29, 1.82) is 0 Å². The summed E-state index contributed by atoms with van der Waals surface area (Å²) < 4.78 is 31.2. The van der Waals surface area contributed by atoms with Crippen molar-refractivity contribution in [1.82, 2.24) is 10.2 Å². The molecule has 1 aliphatic heterocycles. The van der Waals surface area contributed by atoms with Crippen LogP contribution in [0.5, 0.6) is 0 Å². The molecule has 0 bridgehead atoms. The standard InChI is InChI=1S/C14H16F2N2O3/c1-17-14(20)12-8-18(4-5-21-12)13(19)7-9-2-3-10(15)11(16)6-9/h2-3,6,12H,4-5,7-8H2,1H3,(H,17,20). The molecule has 0 saturated carbocycles. The van der Waals surface area contributed by atoms with Gasteiger partial charge in [0.1, 0.15) is 0 Å². The highest BCUT2D eigenvalue weighted by Gasteiger charge is 2.28. The average molecular weight is 298 g/mol. The smallest absolute Gasteiger partial charge is 0.250 e. The zero-order valence-electron chi connectivity index (χ0n) is 11.6. The first kappa shape index (κ1) is 15.4. The molecule has 7 heteroatoms. The minimum Gasteiger partial charge on any atom is -0.365 e. The number of benzene rings is 1. The van der Waals surface area contributed by atoms with Crippen LogP contribution in [0.25, 0.3) is 0 Å². The first-order chi connectivity index (χ1) is 10.0. The number of halogens is 2. The Bertz CT molecular complexity index is 551. The summed E-state index contributed by atoms with van der Waals surface area (Å²) in [5.74, 6) is -2.47. The van der Waals surface area contributed by atoms with Gasteiger partial charge in [-0.15, -0.1) is 0 Å². The van der Waals surface area contributed by atoms with Crippen molar-refractivity contribution in [3.05, 3.63) is 35.4 Å². The Morgan fingerprint density at radius 1 is 1.38 bits per heavy atom. The molecule has 0 radical (unpaired) electrons. The topological polar surface area (TPSA) is 58.6 Å². The number of nitrogens with zero attached hydrogens (tertiary/aromatic N) is 1. The molecule has 2 rings (SSSR count). The summed E-state index contributed by atoms with van der Waals surface area (Å²) in [6.45, 7) is 0.791. The number of likely N-dealkylation sites (N-methyl/N-ethyl adjacent to an activating group) is 1. The van der Waals surface area contributed by atoms with E-state index >= 15 is 0 Å². The van der Waals surface area contributed by atoms with Gasteiger partial charge < -0.3 is 15.0 Å². The van der Waals surface area contributed by atoms with Crippen molar-refractivity contribution in [2.75, 3.05) is 26.7 Å². The van der Waals surface area contributed by atoms with E-state index in [4.69, 9.17) is 4.74 Å². The number of nitrogens with one attached hydrogen (secondary N) is 1. The first-order valence-corrected chi connectivity index (χ1v) is 6.56. The molecule has 1 aromatic rings. The van der Waals surface area contributed by atoms with E-state index in [1.807, 2.05) is 0 Å². The third kappa shape index (κ3) is 3.75. The maximum absolute atomic E-state index is 13.1. The van der Waals surface area contributed by atoms with Crippen LogP contribution in [-0.4, -0.2) is 49.6 Å². The Morgan fingerprint density at radius 3 is 2.81 bits per heavy atom. The Balaban J connectivity index is 1.99. The van der Waals surface area contributed by atoms with Crippen LogP contribution in [0.3, 0.4) is 0 Å². The Labute approximate surface area is 120 Å². The van der Waals surface area contributed by atoms with Crippen LogP contribution in [0.1, 0.15) is 5.56 Å². The molecule has 1 fully saturated rings. The predicted octanol–water partition coefficient (Wildman–Crippen LogP) is 0.481. The Hall–Kier alpha value is -2.02. The highest BCUT2D eigenvalue weighted by molar-refractivity contribution is 5.83. The summed E-state index contributed by atoms with van der Waals surface area (Å²) in [5.41, 5.74) is 0.391. The number of hydrogen-bond donors (Lipinski definition) is 1. The van der Waals surface area contributed by atoms with Crippen LogP contribution in [0.4, 0.5) is 8.78 Å². The van der Waals surface area contributed by atoms with Gasteiger partial charge in [0.05, 0.1) is 19.6 Å². The van der Waals surface area contributed by atoms with Gasteiger partial charge in [-0.1, -0.05) is 6.07 Å². The summed E-state index contributed by atoms with van der Waals surface area (Å²) in [7, 11) is 1.49. The molecule has 0 spiro atoms. The molecule has 1 aromatic carbocycles. The fraction of sp³-hybridized carbons (Fsp3) is 0.429. The lowest BCUT2D eigenvalue weighted by molar-refractivity contribution is -0.146. The third-order valence-corrected chi connectivity index (χ3v) is 3.30. The van der Waals surface area contributed by atoms with Gasteiger partial charge in [-0.05, 0) is 17.7 Å². The quantitative estimate of drug-likeness (QED) is 0.883. The second-order valence-corrected chi connectivity index (χ2v) is 4.74. The number of ether oxygens (including phenoxy) is 1. The van der Waals surface area contributed by atoms with E-state index in [0.717, 1.165) is 12.1 Å². The zero-order valence-corrected chi connectivity index (χ0v) is 11.6. The van der Waals surface area contributed by atoms with Crippen LogP contribution in [-0.2, 0) is 20.7 Å². The fourth-order valence-electron chi connectivity index (χ4n) is 2.13. The van der Waals surface area contributed by atoms with E-state index in [2.05, 4.69) is 5.32 Å². The minimum absolute atomic E-state index is 0.0440. The molecule has 114 valence electrons. The van der Waals surface area contributed by atoms with Gasteiger partial charge >= 0.3 is 0 Å². The van der Waals surface area contributed by atoms with Gasteiger partial charge in [-0.25, -0.2) is 8.78 Å². The molecular weight excluding hydrogens is 282 g/mol. The van der Waals surface area contributed by atoms with Crippen molar-refractivity contribution < 1.29 is 23.1 Å². The second-order valence-electron chi connectivity index (χ2n) is 4.74. The van der Waals surface area contributed by atoms with Gasteiger partial charge in [-0.3, -0.25) is 9.59 Å². The first-order valence-electron chi connectivity index (χ1n) is 6.56. The van der Waals surface area contributed by atoms with Crippen molar-refractivity contribution in [3.63, 3.8) is 0 Å². The molecule has 5 nitrogen and oxygen atoms in total. The Kier molecular flexibility index (Phi) is 4.85. The largest absolute Gasteiger partial charge is 0.365 e. The van der Waals surface area contributed by atoms with Gasteiger partial charge in [0.2, 0.25) is 5.91 Å². The molecule has 0 aromatic heterocycles. The SMILES string of the molecule is CNC(=O)C1CN(C(=O)Cc2ccc(F)c(F)c2)CCO1. The van der Waals surface area contributed by atoms with Gasteiger partial charge in [-0.2, -0.15) is 0 Å². The van der Waals surface area contributed by atoms with E-state index in [1.165, 1.54) is 18.0 Å².